The molecule has 1 aromatic heterocycles. The van der Waals surface area contributed by atoms with Crippen LogP contribution in [0.2, 0.25) is 0 Å². The Balaban J connectivity index is 1.84. The van der Waals surface area contributed by atoms with Gasteiger partial charge in [-0.1, -0.05) is 35.5 Å². The summed E-state index contributed by atoms with van der Waals surface area (Å²) in [5, 5.41) is 4.86. The summed E-state index contributed by atoms with van der Waals surface area (Å²) >= 11 is 0. The highest BCUT2D eigenvalue weighted by atomic mass is 32.2. The molecule has 3 rings (SSSR count). The van der Waals surface area contributed by atoms with E-state index in [9.17, 15) is 8.42 Å². The van der Waals surface area contributed by atoms with Gasteiger partial charge in [-0.15, -0.1) is 0 Å². The maximum Gasteiger partial charge on any atom is 0.236 e. The molecule has 1 heterocycles. The second-order valence-electron chi connectivity index (χ2n) is 5.92. The van der Waals surface area contributed by atoms with Crippen LogP contribution < -0.4 is 4.72 Å². The minimum Gasteiger partial charge on any atom is -0.356 e. The van der Waals surface area contributed by atoms with Crippen molar-refractivity contribution >= 4 is 26.7 Å². The number of sulfonamides is 1. The van der Waals surface area contributed by atoms with Gasteiger partial charge in [0.1, 0.15) is 5.69 Å². The van der Waals surface area contributed by atoms with Gasteiger partial charge < -0.3 is 9.42 Å². The molecule has 0 saturated heterocycles. The molecule has 0 saturated carbocycles. The number of hydrogen-bond donors (Lipinski definition) is 1. The van der Waals surface area contributed by atoms with E-state index in [1.165, 1.54) is 0 Å². The number of aromatic nitrogens is 1. The molecule has 24 heavy (non-hydrogen) atoms. The van der Waals surface area contributed by atoms with E-state index in [1.54, 1.807) is 30.3 Å². The van der Waals surface area contributed by atoms with E-state index in [2.05, 4.69) is 9.88 Å². The van der Waals surface area contributed by atoms with Gasteiger partial charge in [0.25, 0.3) is 0 Å². The Morgan fingerprint density at radius 2 is 1.88 bits per heavy atom. The summed E-state index contributed by atoms with van der Waals surface area (Å²) < 4.78 is 32.6. The fraction of sp³-hybridized carbons (Fsp3) is 0.235. The molecule has 0 aliphatic heterocycles. The van der Waals surface area contributed by atoms with Crippen molar-refractivity contribution in [2.45, 2.75) is 12.3 Å². The molecule has 0 spiro atoms. The molecule has 0 bridgehead atoms. The maximum atomic E-state index is 12.3. The smallest absolute Gasteiger partial charge is 0.236 e. The lowest BCUT2D eigenvalue weighted by Gasteiger charge is -2.09. The Morgan fingerprint density at radius 3 is 2.58 bits per heavy atom. The number of benzene rings is 2. The highest BCUT2D eigenvalue weighted by Gasteiger charge is 2.14. The monoisotopic (exact) mass is 345 g/mol. The first kappa shape index (κ1) is 16.5. The fourth-order valence-electron chi connectivity index (χ4n) is 2.47. The molecule has 0 amide bonds. The van der Waals surface area contributed by atoms with Crippen LogP contribution in [0.1, 0.15) is 11.3 Å². The van der Waals surface area contributed by atoms with Crippen molar-refractivity contribution in [3.63, 3.8) is 0 Å². The number of rotatable bonds is 6. The van der Waals surface area contributed by atoms with Crippen LogP contribution in [0.3, 0.4) is 0 Å². The lowest BCUT2D eigenvalue weighted by molar-refractivity contribution is 0.373. The average molecular weight is 345 g/mol. The molecule has 0 aliphatic rings. The van der Waals surface area contributed by atoms with Crippen LogP contribution in [0.4, 0.5) is 5.69 Å². The Labute approximate surface area is 141 Å². The predicted octanol–water partition coefficient (Wildman–Crippen LogP) is 2.83. The zero-order valence-corrected chi connectivity index (χ0v) is 14.4. The van der Waals surface area contributed by atoms with Gasteiger partial charge in [0.2, 0.25) is 10.0 Å². The molecule has 0 aliphatic carbocycles. The van der Waals surface area contributed by atoms with Crippen LogP contribution in [-0.4, -0.2) is 32.6 Å². The van der Waals surface area contributed by atoms with Gasteiger partial charge in [0.05, 0.1) is 5.75 Å². The molecular formula is C17H19N3O3S. The third kappa shape index (κ3) is 3.93. The first-order valence-electron chi connectivity index (χ1n) is 7.50. The predicted molar refractivity (Wildman–Crippen MR) is 94.1 cm³/mol. The molecule has 0 radical (unpaired) electrons. The van der Waals surface area contributed by atoms with Crippen LogP contribution in [0.25, 0.3) is 11.0 Å². The molecule has 6 nitrogen and oxygen atoms in total. The number of nitrogens with zero attached hydrogens (tertiary/aromatic N) is 2. The molecule has 0 fully saturated rings. The minimum atomic E-state index is -3.49. The van der Waals surface area contributed by atoms with E-state index < -0.39 is 10.0 Å². The molecule has 0 unspecified atom stereocenters. The van der Waals surface area contributed by atoms with Crippen LogP contribution in [0, 0.1) is 0 Å². The van der Waals surface area contributed by atoms with Gasteiger partial charge in [-0.05, 0) is 37.9 Å². The van der Waals surface area contributed by atoms with Crippen molar-refractivity contribution in [3.05, 3.63) is 59.8 Å². The third-order valence-electron chi connectivity index (χ3n) is 3.48. The van der Waals surface area contributed by atoms with Crippen LogP contribution >= 0.6 is 0 Å². The number of nitrogens with one attached hydrogen (secondary N) is 1. The van der Waals surface area contributed by atoms with Crippen molar-refractivity contribution in [2.24, 2.45) is 0 Å². The fourth-order valence-corrected chi connectivity index (χ4v) is 3.66. The lowest BCUT2D eigenvalue weighted by Crippen LogP contribution is -2.15. The zero-order chi connectivity index (χ0) is 17.2. The summed E-state index contributed by atoms with van der Waals surface area (Å²) in [4.78, 5) is 1.98. The van der Waals surface area contributed by atoms with Gasteiger partial charge in [-0.2, -0.15) is 0 Å². The highest BCUT2D eigenvalue weighted by molar-refractivity contribution is 7.91. The third-order valence-corrected chi connectivity index (χ3v) is 4.74. The maximum absolute atomic E-state index is 12.3. The first-order valence-corrected chi connectivity index (χ1v) is 9.16. The van der Waals surface area contributed by atoms with Crippen LogP contribution in [0.5, 0.6) is 0 Å². The topological polar surface area (TPSA) is 75.4 Å². The van der Waals surface area contributed by atoms with Crippen molar-refractivity contribution in [3.8, 4) is 0 Å². The second-order valence-corrected chi connectivity index (χ2v) is 7.65. The van der Waals surface area contributed by atoms with Gasteiger partial charge in [0.15, 0.2) is 5.58 Å². The Hall–Kier alpha value is -2.38. The van der Waals surface area contributed by atoms with Crippen molar-refractivity contribution in [2.75, 3.05) is 18.8 Å². The first-order chi connectivity index (χ1) is 11.4. The molecule has 126 valence electrons. The molecule has 2 aromatic carbocycles. The molecule has 1 N–H and O–H groups in total. The van der Waals surface area contributed by atoms with Crippen molar-refractivity contribution in [1.29, 1.82) is 0 Å². The summed E-state index contributed by atoms with van der Waals surface area (Å²) in [5.41, 5.74) is 2.66. The summed E-state index contributed by atoms with van der Waals surface area (Å²) in [5.74, 6) is -0.0694. The highest BCUT2D eigenvalue weighted by Crippen LogP contribution is 2.24. The summed E-state index contributed by atoms with van der Waals surface area (Å²) in [7, 11) is 0.388. The van der Waals surface area contributed by atoms with Crippen LogP contribution in [-0.2, 0) is 22.3 Å². The molecular weight excluding hydrogens is 326 g/mol. The van der Waals surface area contributed by atoms with E-state index in [4.69, 9.17) is 4.52 Å². The largest absolute Gasteiger partial charge is 0.356 e. The van der Waals surface area contributed by atoms with E-state index in [1.807, 2.05) is 37.2 Å². The van der Waals surface area contributed by atoms with Gasteiger partial charge >= 0.3 is 0 Å². The molecule has 0 atom stereocenters. The molecule has 7 heteroatoms. The van der Waals surface area contributed by atoms with Crippen LogP contribution in [0.15, 0.2) is 53.1 Å². The Kier molecular flexibility index (Phi) is 4.55. The Morgan fingerprint density at radius 1 is 1.12 bits per heavy atom. The zero-order valence-electron chi connectivity index (χ0n) is 13.6. The van der Waals surface area contributed by atoms with Gasteiger partial charge in [-0.3, -0.25) is 4.72 Å². The Bertz CT molecular complexity index is 934. The van der Waals surface area contributed by atoms with E-state index in [0.717, 1.165) is 16.6 Å². The summed E-state index contributed by atoms with van der Waals surface area (Å²) in [6.45, 7) is 0.618. The standard InChI is InChI=1S/C17H19N3O3S/c1-20(2)11-16-15-10-14(8-9-17(15)23-18-16)19-24(21,22)12-13-6-4-3-5-7-13/h3-10,19H,11-12H2,1-2H3. The van der Waals surface area contributed by atoms with E-state index in [-0.39, 0.29) is 5.75 Å². The van der Waals surface area contributed by atoms with Crippen molar-refractivity contribution in [1.82, 2.24) is 10.1 Å². The van der Waals surface area contributed by atoms with Crippen molar-refractivity contribution < 1.29 is 12.9 Å². The van der Waals surface area contributed by atoms with Gasteiger partial charge in [0, 0.05) is 17.6 Å². The van der Waals surface area contributed by atoms with Gasteiger partial charge in [-0.25, -0.2) is 8.42 Å². The lowest BCUT2D eigenvalue weighted by atomic mass is 10.2. The normalized spacial score (nSPS) is 12.0. The number of fused-ring (bicyclic) bond motifs is 1. The number of hydrogen-bond acceptors (Lipinski definition) is 5. The minimum absolute atomic E-state index is 0.0694. The second kappa shape index (κ2) is 6.62. The number of anilines is 1. The molecule has 3 aromatic rings. The quantitative estimate of drug-likeness (QED) is 0.743. The SMILES string of the molecule is CN(C)Cc1noc2ccc(NS(=O)(=O)Cc3ccccc3)cc12. The average Bonchev–Trinajstić information content (AvgIpc) is 2.89. The summed E-state index contributed by atoms with van der Waals surface area (Å²) in [6.07, 6.45) is 0. The summed E-state index contributed by atoms with van der Waals surface area (Å²) in [6, 6.07) is 14.2. The van der Waals surface area contributed by atoms with E-state index >= 15 is 0 Å². The van der Waals surface area contributed by atoms with E-state index in [0.29, 0.717) is 17.8 Å².